The Kier molecular flexibility index (Phi) is 6.80. The van der Waals surface area contributed by atoms with E-state index < -0.39 is 18.1 Å². The first-order valence-electron chi connectivity index (χ1n) is 10.7. The number of nitrogens with one attached hydrogen (secondary N) is 2. The molecule has 0 aromatic heterocycles. The van der Waals surface area contributed by atoms with Crippen molar-refractivity contribution in [2.75, 3.05) is 19.7 Å². The maximum atomic E-state index is 12.3. The fraction of sp³-hybridized carbons (Fsp3) is 0.192. The molecular weight excluding hydrogens is 420 g/mol. The van der Waals surface area contributed by atoms with E-state index in [1.54, 1.807) is 30.3 Å². The highest BCUT2D eigenvalue weighted by molar-refractivity contribution is 5.97. The van der Waals surface area contributed by atoms with Crippen LogP contribution in [0.3, 0.4) is 0 Å². The van der Waals surface area contributed by atoms with Crippen LogP contribution in [0.25, 0.3) is 11.1 Å². The molecular formula is C26H24N2O5. The van der Waals surface area contributed by atoms with Crippen molar-refractivity contribution >= 4 is 17.8 Å². The zero-order valence-corrected chi connectivity index (χ0v) is 17.9. The SMILES string of the molecule is O=C(NC[C@@H](NCC(=O)c1ccccc1)C(=O)O)OCC1c2ccccc2-c2ccccc21. The van der Waals surface area contributed by atoms with Crippen LogP contribution in [-0.4, -0.2) is 48.7 Å². The summed E-state index contributed by atoms with van der Waals surface area (Å²) in [6, 6.07) is 23.5. The van der Waals surface area contributed by atoms with Gasteiger partial charge in [-0.15, -0.1) is 0 Å². The second-order valence-corrected chi connectivity index (χ2v) is 7.77. The van der Waals surface area contributed by atoms with Gasteiger partial charge >= 0.3 is 12.1 Å². The summed E-state index contributed by atoms with van der Waals surface area (Å²) in [5.41, 5.74) is 4.92. The normalized spacial score (nSPS) is 13.0. The van der Waals surface area contributed by atoms with E-state index in [1.807, 2.05) is 48.5 Å². The number of amides is 1. The van der Waals surface area contributed by atoms with Crippen molar-refractivity contribution in [3.63, 3.8) is 0 Å². The number of alkyl carbamates (subject to hydrolysis) is 1. The summed E-state index contributed by atoms with van der Waals surface area (Å²) < 4.78 is 5.43. The number of ether oxygens (including phenoxy) is 1. The van der Waals surface area contributed by atoms with Crippen LogP contribution in [0.2, 0.25) is 0 Å². The first kappa shape index (κ1) is 22.2. The third-order valence-electron chi connectivity index (χ3n) is 5.70. The van der Waals surface area contributed by atoms with Gasteiger partial charge in [-0.2, -0.15) is 0 Å². The zero-order chi connectivity index (χ0) is 23.2. The maximum Gasteiger partial charge on any atom is 0.407 e. The number of benzene rings is 3. The van der Waals surface area contributed by atoms with E-state index in [0.29, 0.717) is 5.56 Å². The van der Waals surface area contributed by atoms with E-state index in [0.717, 1.165) is 22.3 Å². The molecule has 1 atom stereocenters. The minimum Gasteiger partial charge on any atom is -0.480 e. The van der Waals surface area contributed by atoms with Crippen molar-refractivity contribution in [2.24, 2.45) is 0 Å². The second-order valence-electron chi connectivity index (χ2n) is 7.77. The number of ketones is 1. The molecule has 3 N–H and O–H groups in total. The van der Waals surface area contributed by atoms with Crippen LogP contribution in [0, 0.1) is 0 Å². The molecule has 4 rings (SSSR count). The van der Waals surface area contributed by atoms with Crippen molar-refractivity contribution in [3.05, 3.63) is 95.6 Å². The van der Waals surface area contributed by atoms with Gasteiger partial charge in [-0.3, -0.25) is 14.9 Å². The van der Waals surface area contributed by atoms with Crippen LogP contribution in [0.5, 0.6) is 0 Å². The van der Waals surface area contributed by atoms with Gasteiger partial charge in [-0.1, -0.05) is 78.9 Å². The molecule has 1 aliphatic carbocycles. The third kappa shape index (κ3) is 5.10. The average molecular weight is 444 g/mol. The number of Topliss-reactive ketones (excluding diaryl/α,β-unsaturated/α-hetero) is 1. The Morgan fingerprint density at radius 1 is 0.848 bits per heavy atom. The number of carbonyl (C=O) groups excluding carboxylic acids is 2. The highest BCUT2D eigenvalue weighted by Gasteiger charge is 2.29. The van der Waals surface area contributed by atoms with Crippen LogP contribution in [0.15, 0.2) is 78.9 Å². The molecule has 7 nitrogen and oxygen atoms in total. The van der Waals surface area contributed by atoms with E-state index >= 15 is 0 Å². The monoisotopic (exact) mass is 444 g/mol. The predicted octanol–water partition coefficient (Wildman–Crippen LogP) is 3.45. The Morgan fingerprint density at radius 3 is 2.03 bits per heavy atom. The van der Waals surface area contributed by atoms with E-state index in [1.165, 1.54) is 0 Å². The lowest BCUT2D eigenvalue weighted by Crippen LogP contribution is -2.47. The van der Waals surface area contributed by atoms with Gasteiger partial charge in [0.25, 0.3) is 0 Å². The first-order valence-corrected chi connectivity index (χ1v) is 10.7. The van der Waals surface area contributed by atoms with Gasteiger partial charge in [-0.05, 0) is 22.3 Å². The van der Waals surface area contributed by atoms with Gasteiger partial charge in [0, 0.05) is 18.0 Å². The molecule has 0 saturated heterocycles. The molecule has 0 saturated carbocycles. The molecule has 3 aromatic rings. The third-order valence-corrected chi connectivity index (χ3v) is 5.70. The Bertz CT molecular complexity index is 1120. The van der Waals surface area contributed by atoms with E-state index in [-0.39, 0.29) is 31.4 Å². The lowest BCUT2D eigenvalue weighted by atomic mass is 9.98. The minimum atomic E-state index is -1.17. The Hall–Kier alpha value is -3.97. The molecule has 0 unspecified atom stereocenters. The first-order chi connectivity index (χ1) is 16.0. The molecule has 3 aromatic carbocycles. The number of hydrogen-bond donors (Lipinski definition) is 3. The topological polar surface area (TPSA) is 105 Å². The molecule has 1 aliphatic rings. The van der Waals surface area contributed by atoms with Crippen LogP contribution in [-0.2, 0) is 9.53 Å². The molecule has 1 amide bonds. The average Bonchev–Trinajstić information content (AvgIpc) is 3.16. The van der Waals surface area contributed by atoms with Crippen LogP contribution in [0.4, 0.5) is 4.79 Å². The maximum absolute atomic E-state index is 12.3. The Morgan fingerprint density at radius 2 is 1.42 bits per heavy atom. The zero-order valence-electron chi connectivity index (χ0n) is 17.9. The molecule has 33 heavy (non-hydrogen) atoms. The molecule has 0 radical (unpaired) electrons. The van der Waals surface area contributed by atoms with Crippen molar-refractivity contribution in [1.29, 1.82) is 0 Å². The van der Waals surface area contributed by atoms with E-state index in [4.69, 9.17) is 4.74 Å². The van der Waals surface area contributed by atoms with Gasteiger partial charge in [0.05, 0.1) is 6.54 Å². The smallest absolute Gasteiger partial charge is 0.407 e. The summed E-state index contributed by atoms with van der Waals surface area (Å²) in [5, 5.41) is 14.6. The molecule has 0 heterocycles. The number of fused-ring (bicyclic) bond motifs is 3. The summed E-state index contributed by atoms with van der Waals surface area (Å²) in [6.07, 6.45) is -0.709. The number of carboxylic acids is 1. The predicted molar refractivity (Wildman–Crippen MR) is 123 cm³/mol. The standard InChI is InChI=1S/C26H24N2O5/c29-24(17-8-2-1-3-9-17)15-27-23(25(30)31)14-28-26(32)33-16-22-20-12-6-4-10-18(20)19-11-5-7-13-21(19)22/h1-13,22-23,27H,14-16H2,(H,28,32)(H,30,31)/t23-/m1/s1. The Labute approximate surface area is 191 Å². The van der Waals surface area contributed by atoms with Gasteiger partial charge in [-0.25, -0.2) is 4.79 Å². The summed E-state index contributed by atoms with van der Waals surface area (Å²) in [5.74, 6) is -1.49. The van der Waals surface area contributed by atoms with Gasteiger partial charge in [0.15, 0.2) is 5.78 Å². The lowest BCUT2D eigenvalue weighted by molar-refractivity contribution is -0.139. The van der Waals surface area contributed by atoms with E-state index in [9.17, 15) is 19.5 Å². The summed E-state index contributed by atoms with van der Waals surface area (Å²) in [4.78, 5) is 36.0. The number of carboxylic acid groups (broad SMARTS) is 1. The number of aliphatic carboxylic acids is 1. The number of hydrogen-bond acceptors (Lipinski definition) is 5. The van der Waals surface area contributed by atoms with Crippen molar-refractivity contribution < 1.29 is 24.2 Å². The quantitative estimate of drug-likeness (QED) is 0.437. The second kappa shape index (κ2) is 10.1. The van der Waals surface area contributed by atoms with Gasteiger partial charge < -0.3 is 15.2 Å². The molecule has 7 heteroatoms. The minimum absolute atomic E-state index is 0.0833. The highest BCUT2D eigenvalue weighted by Crippen LogP contribution is 2.44. The molecule has 0 bridgehead atoms. The molecule has 0 aliphatic heterocycles. The highest BCUT2D eigenvalue weighted by atomic mass is 16.5. The van der Waals surface area contributed by atoms with Crippen LogP contribution in [0.1, 0.15) is 27.4 Å². The summed E-state index contributed by atoms with van der Waals surface area (Å²) in [6.45, 7) is -0.237. The van der Waals surface area contributed by atoms with Gasteiger partial charge in [0.1, 0.15) is 12.6 Å². The molecule has 168 valence electrons. The number of carbonyl (C=O) groups is 3. The van der Waals surface area contributed by atoms with Crippen LogP contribution < -0.4 is 10.6 Å². The van der Waals surface area contributed by atoms with Crippen molar-refractivity contribution in [2.45, 2.75) is 12.0 Å². The van der Waals surface area contributed by atoms with Crippen molar-refractivity contribution in [1.82, 2.24) is 10.6 Å². The Balaban J connectivity index is 1.30. The largest absolute Gasteiger partial charge is 0.480 e. The molecule has 0 spiro atoms. The van der Waals surface area contributed by atoms with E-state index in [2.05, 4.69) is 10.6 Å². The summed E-state index contributed by atoms with van der Waals surface area (Å²) >= 11 is 0. The van der Waals surface area contributed by atoms with Gasteiger partial charge in [0.2, 0.25) is 0 Å². The fourth-order valence-electron chi connectivity index (χ4n) is 4.02. The van der Waals surface area contributed by atoms with Crippen molar-refractivity contribution in [3.8, 4) is 11.1 Å². The molecule has 0 fully saturated rings. The summed E-state index contributed by atoms with van der Waals surface area (Å²) in [7, 11) is 0. The fourth-order valence-corrected chi connectivity index (χ4v) is 4.02. The number of rotatable bonds is 9. The van der Waals surface area contributed by atoms with Crippen LogP contribution >= 0.6 is 0 Å². The lowest BCUT2D eigenvalue weighted by Gasteiger charge is -2.17.